The number of hydrogen-bond acceptors (Lipinski definition) is 3. The van der Waals surface area contributed by atoms with Crippen LogP contribution in [0.3, 0.4) is 0 Å². The summed E-state index contributed by atoms with van der Waals surface area (Å²) in [6.45, 7) is 6.43. The van der Waals surface area contributed by atoms with Gasteiger partial charge in [0.25, 0.3) is 0 Å². The van der Waals surface area contributed by atoms with Crippen LogP contribution >= 0.6 is 11.3 Å². The molecule has 21 heavy (non-hydrogen) atoms. The lowest BCUT2D eigenvalue weighted by Crippen LogP contribution is -2.70. The van der Waals surface area contributed by atoms with Gasteiger partial charge in [0.15, 0.2) is 0 Å². The number of thiophene rings is 1. The van der Waals surface area contributed by atoms with Gasteiger partial charge in [0.1, 0.15) is 11.6 Å². The quantitative estimate of drug-likeness (QED) is 0.928. The molecule has 4 nitrogen and oxygen atoms in total. The van der Waals surface area contributed by atoms with Gasteiger partial charge in [-0.05, 0) is 43.0 Å². The molecule has 0 spiro atoms. The largest absolute Gasteiger partial charge is 0.340 e. The number of carbonyl (C=O) groups excluding carboxylic acids is 2. The molecule has 1 saturated carbocycles. The Labute approximate surface area is 129 Å². The lowest BCUT2D eigenvalue weighted by molar-refractivity contribution is -0.158. The van der Waals surface area contributed by atoms with E-state index in [-0.39, 0.29) is 23.8 Å². The second kappa shape index (κ2) is 5.13. The van der Waals surface area contributed by atoms with Crippen molar-refractivity contribution >= 4 is 23.2 Å². The van der Waals surface area contributed by atoms with E-state index in [1.54, 1.807) is 16.2 Å². The van der Waals surface area contributed by atoms with Gasteiger partial charge in [-0.1, -0.05) is 19.9 Å². The molecule has 2 amide bonds. The fourth-order valence-electron chi connectivity index (χ4n) is 3.29. The smallest absolute Gasteiger partial charge is 0.249 e. The highest BCUT2D eigenvalue weighted by Crippen LogP contribution is 2.43. The lowest BCUT2D eigenvalue weighted by atomic mass is 9.86. The highest BCUT2D eigenvalue weighted by Gasteiger charge is 2.55. The average molecular weight is 306 g/mol. The number of nitrogens with one attached hydrogen (secondary N) is 1. The molecular formula is C16H22N2O2S. The highest BCUT2D eigenvalue weighted by atomic mass is 32.1. The molecule has 1 aromatic heterocycles. The molecule has 0 radical (unpaired) electrons. The molecule has 0 aromatic carbocycles. The maximum atomic E-state index is 13.0. The summed E-state index contributed by atoms with van der Waals surface area (Å²) >= 11 is 1.63. The predicted octanol–water partition coefficient (Wildman–Crippen LogP) is 2.40. The first-order valence-electron chi connectivity index (χ1n) is 7.59. The normalized spacial score (nSPS) is 29.9. The Bertz CT molecular complexity index is 551. The van der Waals surface area contributed by atoms with Crippen LogP contribution in [0, 0.1) is 11.8 Å². The van der Waals surface area contributed by atoms with E-state index in [4.69, 9.17) is 0 Å². The highest BCUT2D eigenvalue weighted by molar-refractivity contribution is 7.09. The van der Waals surface area contributed by atoms with Gasteiger partial charge >= 0.3 is 0 Å². The predicted molar refractivity (Wildman–Crippen MR) is 82.8 cm³/mol. The van der Waals surface area contributed by atoms with Crippen molar-refractivity contribution in [2.24, 2.45) is 11.8 Å². The van der Waals surface area contributed by atoms with Crippen LogP contribution in [0.2, 0.25) is 0 Å². The second-order valence-corrected chi connectivity index (χ2v) is 7.70. The molecule has 1 N–H and O–H groups in total. The topological polar surface area (TPSA) is 49.4 Å². The average Bonchev–Trinajstić information content (AvgIpc) is 3.15. The number of hydrogen-bond donors (Lipinski definition) is 1. The van der Waals surface area contributed by atoms with Gasteiger partial charge < -0.3 is 10.2 Å². The summed E-state index contributed by atoms with van der Waals surface area (Å²) < 4.78 is 0. The minimum atomic E-state index is -0.709. The van der Waals surface area contributed by atoms with Gasteiger partial charge in [0.05, 0.1) is 6.54 Å². The van der Waals surface area contributed by atoms with E-state index in [1.807, 2.05) is 38.3 Å². The Kier molecular flexibility index (Phi) is 3.56. The maximum Gasteiger partial charge on any atom is 0.249 e. The standard InChI is InChI=1S/C16H22N2O2S/c1-10(2)13-14(19)17-16(3,11-6-7-11)15(20)18(13)9-12-5-4-8-21-12/h4-5,8,10-11,13H,6-7,9H2,1-3H3,(H,17,19). The summed E-state index contributed by atoms with van der Waals surface area (Å²) in [6, 6.07) is 3.64. The molecular weight excluding hydrogens is 284 g/mol. The van der Waals surface area contributed by atoms with E-state index in [1.165, 1.54) is 0 Å². The Morgan fingerprint density at radius 1 is 1.43 bits per heavy atom. The van der Waals surface area contributed by atoms with Gasteiger partial charge in [0, 0.05) is 4.88 Å². The van der Waals surface area contributed by atoms with Gasteiger partial charge in [-0.2, -0.15) is 0 Å². The van der Waals surface area contributed by atoms with Crippen LogP contribution in [0.15, 0.2) is 17.5 Å². The first-order valence-corrected chi connectivity index (χ1v) is 8.47. The van der Waals surface area contributed by atoms with Crippen LogP contribution < -0.4 is 5.32 Å². The molecule has 1 aromatic rings. The number of carbonyl (C=O) groups is 2. The SMILES string of the molecule is CC(C)C1C(=O)NC(C)(C2CC2)C(=O)N1Cc1cccs1. The summed E-state index contributed by atoms with van der Waals surface area (Å²) in [7, 11) is 0. The molecule has 0 bridgehead atoms. The van der Waals surface area contributed by atoms with Crippen molar-refractivity contribution < 1.29 is 9.59 Å². The summed E-state index contributed by atoms with van der Waals surface area (Å²) in [5.41, 5.74) is -0.709. The third-order valence-electron chi connectivity index (χ3n) is 4.62. The second-order valence-electron chi connectivity index (χ2n) is 6.67. The van der Waals surface area contributed by atoms with E-state index in [0.29, 0.717) is 12.5 Å². The van der Waals surface area contributed by atoms with E-state index in [2.05, 4.69) is 5.32 Å². The van der Waals surface area contributed by atoms with E-state index in [9.17, 15) is 9.59 Å². The fourth-order valence-corrected chi connectivity index (χ4v) is 3.99. The van der Waals surface area contributed by atoms with Crippen molar-refractivity contribution in [3.8, 4) is 0 Å². The molecule has 114 valence electrons. The number of piperazine rings is 1. The Hall–Kier alpha value is -1.36. The van der Waals surface area contributed by atoms with Crippen molar-refractivity contribution in [1.29, 1.82) is 0 Å². The van der Waals surface area contributed by atoms with Crippen molar-refractivity contribution in [1.82, 2.24) is 10.2 Å². The summed E-state index contributed by atoms with van der Waals surface area (Å²) in [5, 5.41) is 5.03. The Morgan fingerprint density at radius 3 is 2.67 bits per heavy atom. The molecule has 3 rings (SSSR count). The zero-order chi connectivity index (χ0) is 15.2. The zero-order valence-electron chi connectivity index (χ0n) is 12.8. The zero-order valence-corrected chi connectivity index (χ0v) is 13.6. The van der Waals surface area contributed by atoms with E-state index >= 15 is 0 Å². The molecule has 2 fully saturated rings. The summed E-state index contributed by atoms with van der Waals surface area (Å²) in [4.78, 5) is 28.5. The molecule has 2 aliphatic rings. The minimum Gasteiger partial charge on any atom is -0.340 e. The number of nitrogens with zero attached hydrogens (tertiary/aromatic N) is 1. The van der Waals surface area contributed by atoms with Crippen LogP contribution in [0.1, 0.15) is 38.5 Å². The summed E-state index contributed by atoms with van der Waals surface area (Å²) in [5.74, 6) is 0.484. The molecule has 1 saturated heterocycles. The van der Waals surface area contributed by atoms with Crippen LogP contribution in [0.5, 0.6) is 0 Å². The van der Waals surface area contributed by atoms with Gasteiger partial charge in [-0.15, -0.1) is 11.3 Å². The lowest BCUT2D eigenvalue weighted by Gasteiger charge is -2.46. The van der Waals surface area contributed by atoms with Crippen molar-refractivity contribution in [3.63, 3.8) is 0 Å². The van der Waals surface area contributed by atoms with Crippen LogP contribution in [0.4, 0.5) is 0 Å². The fraction of sp³-hybridized carbons (Fsp3) is 0.625. The first-order chi connectivity index (χ1) is 9.93. The van der Waals surface area contributed by atoms with Gasteiger partial charge in [-0.25, -0.2) is 0 Å². The van der Waals surface area contributed by atoms with Crippen molar-refractivity contribution in [2.45, 2.75) is 51.7 Å². The van der Waals surface area contributed by atoms with Crippen LogP contribution in [-0.2, 0) is 16.1 Å². The van der Waals surface area contributed by atoms with E-state index < -0.39 is 5.54 Å². The summed E-state index contributed by atoms with van der Waals surface area (Å²) in [6.07, 6.45) is 2.06. The molecule has 1 aliphatic heterocycles. The molecule has 1 aliphatic carbocycles. The molecule has 2 heterocycles. The van der Waals surface area contributed by atoms with Gasteiger partial charge in [0.2, 0.25) is 11.8 Å². The minimum absolute atomic E-state index is 0.00411. The maximum absolute atomic E-state index is 13.0. The molecule has 2 atom stereocenters. The van der Waals surface area contributed by atoms with Crippen LogP contribution in [-0.4, -0.2) is 28.3 Å². The number of rotatable bonds is 4. The third kappa shape index (κ3) is 2.48. The third-order valence-corrected chi connectivity index (χ3v) is 5.49. The Morgan fingerprint density at radius 2 is 2.14 bits per heavy atom. The first kappa shape index (κ1) is 14.6. The van der Waals surface area contributed by atoms with Crippen molar-refractivity contribution in [3.05, 3.63) is 22.4 Å². The molecule has 5 heteroatoms. The Balaban J connectivity index is 1.92. The number of amides is 2. The van der Waals surface area contributed by atoms with Crippen LogP contribution in [0.25, 0.3) is 0 Å². The van der Waals surface area contributed by atoms with Crippen molar-refractivity contribution in [2.75, 3.05) is 0 Å². The molecule has 2 unspecified atom stereocenters. The monoisotopic (exact) mass is 306 g/mol. The van der Waals surface area contributed by atoms with E-state index in [0.717, 1.165) is 17.7 Å². The van der Waals surface area contributed by atoms with Gasteiger partial charge in [-0.3, -0.25) is 9.59 Å².